The van der Waals surface area contributed by atoms with Crippen molar-refractivity contribution in [1.82, 2.24) is 0 Å². The fourth-order valence-corrected chi connectivity index (χ4v) is 3.56. The van der Waals surface area contributed by atoms with E-state index in [0.29, 0.717) is 11.6 Å². The van der Waals surface area contributed by atoms with E-state index in [1.54, 1.807) is 7.11 Å². The molecule has 0 N–H and O–H groups in total. The predicted octanol–water partition coefficient (Wildman–Crippen LogP) is 6.23. The second-order valence-electron chi connectivity index (χ2n) is 5.62. The number of benzene rings is 3. The maximum Gasteiger partial charge on any atom is 0.129 e. The number of rotatable bonds is 2. The van der Waals surface area contributed by atoms with Gasteiger partial charge in [-0.1, -0.05) is 47.5 Å². The molecular formula is C20H14Cl2O2. The molecule has 0 radical (unpaired) electrons. The summed E-state index contributed by atoms with van der Waals surface area (Å²) < 4.78 is 11.0. The Bertz CT molecular complexity index is 918. The average Bonchev–Trinajstić information content (AvgIpc) is 2.61. The highest BCUT2D eigenvalue weighted by Gasteiger charge is 2.22. The molecule has 120 valence electrons. The summed E-state index contributed by atoms with van der Waals surface area (Å²) in [7, 11) is 1.66. The number of hydrogen-bond donors (Lipinski definition) is 0. The van der Waals surface area contributed by atoms with E-state index in [2.05, 4.69) is 6.07 Å². The molecule has 1 heterocycles. The van der Waals surface area contributed by atoms with Crippen molar-refractivity contribution in [2.75, 3.05) is 7.11 Å². The van der Waals surface area contributed by atoms with Crippen molar-refractivity contribution in [3.63, 3.8) is 0 Å². The van der Waals surface area contributed by atoms with Crippen LogP contribution in [0.5, 0.6) is 11.5 Å². The lowest BCUT2D eigenvalue weighted by Crippen LogP contribution is -2.06. The second kappa shape index (κ2) is 6.04. The van der Waals surface area contributed by atoms with Crippen LogP contribution in [-0.4, -0.2) is 7.11 Å². The van der Waals surface area contributed by atoms with E-state index in [0.717, 1.165) is 44.3 Å². The van der Waals surface area contributed by atoms with Gasteiger partial charge in [-0.3, -0.25) is 0 Å². The molecule has 4 rings (SSSR count). The Balaban J connectivity index is 1.88. The molecule has 24 heavy (non-hydrogen) atoms. The third-order valence-corrected chi connectivity index (χ3v) is 4.85. The quantitative estimate of drug-likeness (QED) is 0.541. The van der Waals surface area contributed by atoms with E-state index in [1.807, 2.05) is 48.5 Å². The summed E-state index contributed by atoms with van der Waals surface area (Å²) in [5.74, 6) is 1.59. The topological polar surface area (TPSA) is 18.5 Å². The molecule has 0 aromatic heterocycles. The van der Waals surface area contributed by atoms with E-state index < -0.39 is 0 Å². The predicted molar refractivity (Wildman–Crippen MR) is 98.2 cm³/mol. The molecule has 0 unspecified atom stereocenters. The zero-order chi connectivity index (χ0) is 16.7. The highest BCUT2D eigenvalue weighted by Crippen LogP contribution is 2.46. The molecule has 0 amide bonds. The Morgan fingerprint density at radius 2 is 1.67 bits per heavy atom. The van der Waals surface area contributed by atoms with Gasteiger partial charge in [-0.25, -0.2) is 0 Å². The number of ether oxygens (including phenoxy) is 2. The lowest BCUT2D eigenvalue weighted by molar-refractivity contribution is 0.302. The van der Waals surface area contributed by atoms with Gasteiger partial charge in [0.15, 0.2) is 0 Å². The van der Waals surface area contributed by atoms with Crippen LogP contribution < -0.4 is 9.47 Å². The van der Waals surface area contributed by atoms with Gasteiger partial charge in [0.2, 0.25) is 0 Å². The number of halogens is 2. The molecule has 0 atom stereocenters. The van der Waals surface area contributed by atoms with E-state index in [1.165, 1.54) is 0 Å². The van der Waals surface area contributed by atoms with Crippen LogP contribution in [0.15, 0.2) is 54.6 Å². The number of methoxy groups -OCH3 is 1. The SMILES string of the molecule is COc1ccc(-c2ccc3c(c2Cl)-c2ccc(Cl)cc2OC3)cc1. The van der Waals surface area contributed by atoms with E-state index in [-0.39, 0.29) is 0 Å². The molecule has 0 aliphatic carbocycles. The van der Waals surface area contributed by atoms with Gasteiger partial charge in [0.1, 0.15) is 18.1 Å². The lowest BCUT2D eigenvalue weighted by Gasteiger charge is -2.23. The Morgan fingerprint density at radius 3 is 2.42 bits per heavy atom. The molecule has 0 saturated heterocycles. The fraction of sp³-hybridized carbons (Fsp3) is 0.100. The Labute approximate surface area is 150 Å². The van der Waals surface area contributed by atoms with Crippen LogP contribution in [0.3, 0.4) is 0 Å². The molecule has 3 aromatic rings. The minimum absolute atomic E-state index is 0.491. The minimum atomic E-state index is 0.491. The van der Waals surface area contributed by atoms with Crippen molar-refractivity contribution in [3.8, 4) is 33.8 Å². The second-order valence-corrected chi connectivity index (χ2v) is 6.43. The Kier molecular flexibility index (Phi) is 3.87. The molecule has 0 saturated carbocycles. The summed E-state index contributed by atoms with van der Waals surface area (Å²) in [6.45, 7) is 0.491. The van der Waals surface area contributed by atoms with Gasteiger partial charge in [-0.15, -0.1) is 0 Å². The zero-order valence-electron chi connectivity index (χ0n) is 13.0. The Hall–Kier alpha value is -2.16. The van der Waals surface area contributed by atoms with Gasteiger partial charge in [-0.05, 0) is 41.5 Å². The normalized spacial score (nSPS) is 12.1. The van der Waals surface area contributed by atoms with Crippen molar-refractivity contribution in [2.24, 2.45) is 0 Å². The average molecular weight is 357 g/mol. The summed E-state index contributed by atoms with van der Waals surface area (Å²) >= 11 is 12.9. The maximum atomic E-state index is 6.78. The van der Waals surface area contributed by atoms with Crippen molar-refractivity contribution in [2.45, 2.75) is 6.61 Å². The number of fused-ring (bicyclic) bond motifs is 3. The van der Waals surface area contributed by atoms with Crippen LogP contribution in [0.2, 0.25) is 10.0 Å². The first-order valence-corrected chi connectivity index (χ1v) is 8.31. The highest BCUT2D eigenvalue weighted by molar-refractivity contribution is 6.36. The summed E-state index contributed by atoms with van der Waals surface area (Å²) in [6, 6.07) is 17.6. The van der Waals surface area contributed by atoms with E-state index in [4.69, 9.17) is 32.7 Å². The third kappa shape index (κ3) is 2.52. The van der Waals surface area contributed by atoms with Crippen molar-refractivity contribution in [1.29, 1.82) is 0 Å². The number of hydrogen-bond acceptors (Lipinski definition) is 2. The van der Waals surface area contributed by atoms with Gasteiger partial charge < -0.3 is 9.47 Å². The molecular weight excluding hydrogens is 343 g/mol. The zero-order valence-corrected chi connectivity index (χ0v) is 14.5. The molecule has 4 heteroatoms. The van der Waals surface area contributed by atoms with Crippen LogP contribution in [0.25, 0.3) is 22.3 Å². The van der Waals surface area contributed by atoms with Crippen molar-refractivity contribution < 1.29 is 9.47 Å². The van der Waals surface area contributed by atoms with Gasteiger partial charge in [0.25, 0.3) is 0 Å². The monoisotopic (exact) mass is 356 g/mol. The van der Waals surface area contributed by atoms with Gasteiger partial charge in [0, 0.05) is 21.7 Å². The first-order chi connectivity index (χ1) is 11.7. The van der Waals surface area contributed by atoms with Crippen molar-refractivity contribution >= 4 is 23.2 Å². The smallest absolute Gasteiger partial charge is 0.129 e. The van der Waals surface area contributed by atoms with Crippen LogP contribution in [0, 0.1) is 0 Å². The molecule has 1 aliphatic rings. The molecule has 0 bridgehead atoms. The van der Waals surface area contributed by atoms with Gasteiger partial charge in [-0.2, -0.15) is 0 Å². The van der Waals surface area contributed by atoms with Crippen LogP contribution in [-0.2, 0) is 6.61 Å². The summed E-state index contributed by atoms with van der Waals surface area (Å²) in [5.41, 5.74) is 5.10. The van der Waals surface area contributed by atoms with Crippen molar-refractivity contribution in [3.05, 3.63) is 70.2 Å². The van der Waals surface area contributed by atoms with E-state index in [9.17, 15) is 0 Å². The van der Waals surface area contributed by atoms with Crippen LogP contribution in [0.1, 0.15) is 5.56 Å². The van der Waals surface area contributed by atoms with Crippen LogP contribution >= 0.6 is 23.2 Å². The summed E-state index contributed by atoms with van der Waals surface area (Å²) in [5, 5.41) is 1.38. The fourth-order valence-electron chi connectivity index (χ4n) is 3.00. The van der Waals surface area contributed by atoms with E-state index >= 15 is 0 Å². The van der Waals surface area contributed by atoms with Gasteiger partial charge in [0.05, 0.1) is 12.1 Å². The Morgan fingerprint density at radius 1 is 0.917 bits per heavy atom. The summed E-state index contributed by atoms with van der Waals surface area (Å²) in [6.07, 6.45) is 0. The molecule has 0 fully saturated rings. The molecule has 1 aliphatic heterocycles. The first-order valence-electron chi connectivity index (χ1n) is 7.56. The third-order valence-electron chi connectivity index (χ3n) is 4.23. The largest absolute Gasteiger partial charge is 0.497 e. The highest BCUT2D eigenvalue weighted by atomic mass is 35.5. The molecule has 2 nitrogen and oxygen atoms in total. The van der Waals surface area contributed by atoms with Crippen LogP contribution in [0.4, 0.5) is 0 Å². The molecule has 0 spiro atoms. The lowest BCUT2D eigenvalue weighted by atomic mass is 9.92. The standard InChI is InChI=1S/C20H14Cl2O2/c1-23-15-6-2-12(3-7-15)16-8-4-13-11-24-18-10-14(21)5-9-17(18)19(13)20(16)22/h2-10H,11H2,1H3. The summed E-state index contributed by atoms with van der Waals surface area (Å²) in [4.78, 5) is 0. The maximum absolute atomic E-state index is 6.78. The molecule has 3 aromatic carbocycles. The van der Waals surface area contributed by atoms with Gasteiger partial charge >= 0.3 is 0 Å². The first kappa shape index (κ1) is 15.4. The minimum Gasteiger partial charge on any atom is -0.497 e.